The van der Waals surface area contributed by atoms with E-state index >= 15 is 0 Å². The zero-order valence-electron chi connectivity index (χ0n) is 17.6. The van der Waals surface area contributed by atoms with E-state index in [-0.39, 0.29) is 11.6 Å². The number of carbonyl (C=O) groups excluding carboxylic acids is 1. The number of benzene rings is 2. The van der Waals surface area contributed by atoms with Gasteiger partial charge in [-0.15, -0.1) is 0 Å². The molecular weight excluding hydrogens is 409 g/mol. The van der Waals surface area contributed by atoms with E-state index in [9.17, 15) is 9.18 Å². The van der Waals surface area contributed by atoms with Crippen molar-refractivity contribution in [2.45, 2.75) is 20.4 Å². The second-order valence-electron chi connectivity index (χ2n) is 7.19. The van der Waals surface area contributed by atoms with Gasteiger partial charge in [0.1, 0.15) is 11.5 Å². The first-order valence-corrected chi connectivity index (χ1v) is 10.0. The van der Waals surface area contributed by atoms with Gasteiger partial charge in [0.2, 0.25) is 5.95 Å². The Balaban J connectivity index is 1.65. The number of nitrogens with zero attached hydrogens (tertiary/aromatic N) is 4. The van der Waals surface area contributed by atoms with Crippen molar-refractivity contribution in [2.75, 3.05) is 16.4 Å². The molecule has 4 aromatic rings. The highest BCUT2D eigenvalue weighted by Crippen LogP contribution is 2.32. The monoisotopic (exact) mass is 431 g/mol. The van der Waals surface area contributed by atoms with Gasteiger partial charge in [-0.3, -0.25) is 4.68 Å². The summed E-state index contributed by atoms with van der Waals surface area (Å²) in [4.78, 5) is 20.6. The van der Waals surface area contributed by atoms with Crippen molar-refractivity contribution in [3.63, 3.8) is 0 Å². The molecule has 2 aromatic heterocycles. The molecular formula is C23H22FN7O. The first kappa shape index (κ1) is 21.0. The minimum absolute atomic E-state index is 0.0458. The van der Waals surface area contributed by atoms with Crippen LogP contribution in [0.25, 0.3) is 22.5 Å². The van der Waals surface area contributed by atoms with Gasteiger partial charge in [0, 0.05) is 30.2 Å². The van der Waals surface area contributed by atoms with Crippen molar-refractivity contribution in [1.82, 2.24) is 19.7 Å². The number of nitrogens with one attached hydrogen (secondary N) is 2. The lowest BCUT2D eigenvalue weighted by Gasteiger charge is -2.10. The molecule has 0 unspecified atom stereocenters. The van der Waals surface area contributed by atoms with Gasteiger partial charge in [0.25, 0.3) is 0 Å². The van der Waals surface area contributed by atoms with Crippen LogP contribution in [0.15, 0.2) is 60.9 Å². The molecule has 0 fully saturated rings. The number of urea groups is 1. The summed E-state index contributed by atoms with van der Waals surface area (Å²) in [6.07, 6.45) is 3.40. The van der Waals surface area contributed by atoms with Crippen LogP contribution in [0, 0.1) is 12.7 Å². The molecule has 0 aliphatic carbocycles. The molecule has 0 bridgehead atoms. The van der Waals surface area contributed by atoms with E-state index in [0.717, 1.165) is 11.1 Å². The highest BCUT2D eigenvalue weighted by Gasteiger charge is 2.17. The van der Waals surface area contributed by atoms with Gasteiger partial charge < -0.3 is 16.4 Å². The van der Waals surface area contributed by atoms with Crippen LogP contribution >= 0.6 is 0 Å². The van der Waals surface area contributed by atoms with Crippen molar-refractivity contribution in [3.05, 3.63) is 72.3 Å². The number of nitrogen functional groups attached to an aromatic ring is 1. The van der Waals surface area contributed by atoms with Crippen LogP contribution in [0.4, 0.5) is 26.5 Å². The highest BCUT2D eigenvalue weighted by molar-refractivity contribution is 6.00. The Morgan fingerprint density at radius 1 is 1.12 bits per heavy atom. The molecule has 0 radical (unpaired) electrons. The summed E-state index contributed by atoms with van der Waals surface area (Å²) in [5.74, 6) is -0.419. The van der Waals surface area contributed by atoms with Crippen LogP contribution in [0.3, 0.4) is 0 Å². The number of anilines is 3. The second-order valence-corrected chi connectivity index (χ2v) is 7.19. The molecule has 2 heterocycles. The van der Waals surface area contributed by atoms with Gasteiger partial charge in [-0.25, -0.2) is 19.2 Å². The highest BCUT2D eigenvalue weighted by atomic mass is 19.1. The largest absolute Gasteiger partial charge is 0.368 e. The summed E-state index contributed by atoms with van der Waals surface area (Å²) in [7, 11) is 0. The topological polar surface area (TPSA) is 111 Å². The Labute approximate surface area is 184 Å². The summed E-state index contributed by atoms with van der Waals surface area (Å²) in [6, 6.07) is 13.0. The van der Waals surface area contributed by atoms with Gasteiger partial charge in [-0.2, -0.15) is 5.10 Å². The number of hydrogen-bond donors (Lipinski definition) is 3. The SMILES string of the molecule is CCn1cc(-c2ccc(F)c(NC(=O)Nc3ccc(C)cc3)c2)c(-c2ccnc(N)n2)n1. The van der Waals surface area contributed by atoms with E-state index in [1.165, 1.54) is 6.07 Å². The summed E-state index contributed by atoms with van der Waals surface area (Å²) in [5, 5.41) is 9.84. The van der Waals surface area contributed by atoms with Gasteiger partial charge >= 0.3 is 6.03 Å². The third kappa shape index (κ3) is 4.56. The van der Waals surface area contributed by atoms with Crippen molar-refractivity contribution in [2.24, 2.45) is 0 Å². The third-order valence-corrected chi connectivity index (χ3v) is 4.84. The smallest absolute Gasteiger partial charge is 0.323 e. The average Bonchev–Trinajstić information content (AvgIpc) is 3.21. The fourth-order valence-corrected chi connectivity index (χ4v) is 3.20. The number of hydrogen-bond acceptors (Lipinski definition) is 5. The number of carbonyl (C=O) groups is 1. The van der Waals surface area contributed by atoms with Crippen molar-refractivity contribution >= 4 is 23.4 Å². The minimum Gasteiger partial charge on any atom is -0.368 e. The molecule has 2 amide bonds. The zero-order chi connectivity index (χ0) is 22.7. The molecule has 4 N–H and O–H groups in total. The summed E-state index contributed by atoms with van der Waals surface area (Å²) >= 11 is 0. The molecule has 32 heavy (non-hydrogen) atoms. The Kier molecular flexibility index (Phi) is 5.80. The first-order chi connectivity index (χ1) is 15.4. The van der Waals surface area contributed by atoms with E-state index < -0.39 is 11.8 Å². The minimum atomic E-state index is -0.552. The molecule has 0 aliphatic heterocycles. The Morgan fingerprint density at radius 3 is 2.62 bits per heavy atom. The number of rotatable bonds is 5. The summed E-state index contributed by atoms with van der Waals surface area (Å²) in [5.41, 5.74) is 10.00. The van der Waals surface area contributed by atoms with E-state index in [2.05, 4.69) is 25.7 Å². The van der Waals surface area contributed by atoms with Gasteiger partial charge in [0.05, 0.1) is 11.4 Å². The summed E-state index contributed by atoms with van der Waals surface area (Å²) in [6.45, 7) is 4.55. The standard InChI is InChI=1S/C23H22FN7O/c1-3-31-13-17(21(30-31)19-10-11-26-22(25)28-19)15-6-9-18(24)20(12-15)29-23(32)27-16-7-4-14(2)5-8-16/h4-13H,3H2,1-2H3,(H2,25,26,28)(H2,27,29,32). The lowest BCUT2D eigenvalue weighted by Crippen LogP contribution is -2.20. The zero-order valence-corrected chi connectivity index (χ0v) is 17.6. The predicted octanol–water partition coefficient (Wildman–Crippen LogP) is 4.70. The number of aryl methyl sites for hydroxylation is 2. The van der Waals surface area contributed by atoms with Gasteiger partial charge in [0.15, 0.2) is 0 Å². The molecule has 0 aliphatic rings. The van der Waals surface area contributed by atoms with E-state index in [4.69, 9.17) is 5.73 Å². The second kappa shape index (κ2) is 8.84. The molecule has 8 nitrogen and oxygen atoms in total. The maximum atomic E-state index is 14.5. The maximum absolute atomic E-state index is 14.5. The van der Waals surface area contributed by atoms with E-state index in [0.29, 0.717) is 29.2 Å². The Bertz CT molecular complexity index is 1270. The van der Waals surface area contributed by atoms with E-state index in [1.54, 1.807) is 41.2 Å². The number of aromatic nitrogens is 4. The van der Waals surface area contributed by atoms with Crippen LogP contribution < -0.4 is 16.4 Å². The fourth-order valence-electron chi connectivity index (χ4n) is 3.20. The lowest BCUT2D eigenvalue weighted by atomic mass is 10.0. The van der Waals surface area contributed by atoms with E-state index in [1.807, 2.05) is 32.2 Å². The Morgan fingerprint density at radius 2 is 1.91 bits per heavy atom. The van der Waals surface area contributed by atoms with Crippen LogP contribution in [0.2, 0.25) is 0 Å². The molecule has 0 atom stereocenters. The van der Waals surface area contributed by atoms with Crippen molar-refractivity contribution in [1.29, 1.82) is 0 Å². The van der Waals surface area contributed by atoms with Crippen LogP contribution in [-0.4, -0.2) is 25.8 Å². The van der Waals surface area contributed by atoms with Crippen molar-refractivity contribution in [3.8, 4) is 22.5 Å². The Hall–Kier alpha value is -4.27. The predicted molar refractivity (Wildman–Crippen MR) is 123 cm³/mol. The van der Waals surface area contributed by atoms with Crippen LogP contribution in [0.1, 0.15) is 12.5 Å². The number of nitrogens with two attached hydrogens (primary N) is 1. The third-order valence-electron chi connectivity index (χ3n) is 4.84. The van der Waals surface area contributed by atoms with Crippen LogP contribution in [0.5, 0.6) is 0 Å². The quantitative estimate of drug-likeness (QED) is 0.424. The number of halogens is 1. The molecule has 0 saturated heterocycles. The van der Waals surface area contributed by atoms with Gasteiger partial charge in [-0.1, -0.05) is 23.8 Å². The first-order valence-electron chi connectivity index (χ1n) is 10.0. The fraction of sp³-hybridized carbons (Fsp3) is 0.130. The molecule has 162 valence electrons. The molecule has 4 rings (SSSR count). The average molecular weight is 431 g/mol. The maximum Gasteiger partial charge on any atom is 0.323 e. The molecule has 0 saturated carbocycles. The van der Waals surface area contributed by atoms with Crippen LogP contribution in [-0.2, 0) is 6.54 Å². The van der Waals surface area contributed by atoms with Crippen molar-refractivity contribution < 1.29 is 9.18 Å². The lowest BCUT2D eigenvalue weighted by molar-refractivity contribution is 0.262. The number of amides is 2. The normalized spacial score (nSPS) is 10.7. The molecule has 0 spiro atoms. The molecule has 9 heteroatoms. The van der Waals surface area contributed by atoms with Gasteiger partial charge in [-0.05, 0) is 49.7 Å². The summed E-state index contributed by atoms with van der Waals surface area (Å²) < 4.78 is 16.2. The molecule has 2 aromatic carbocycles.